The van der Waals surface area contributed by atoms with Crippen molar-refractivity contribution < 1.29 is 18.3 Å². The van der Waals surface area contributed by atoms with Crippen molar-refractivity contribution >= 4 is 10.8 Å². The Morgan fingerprint density at radius 2 is 1.81 bits per heavy atom. The average molecular weight is 227 g/mol. The molecular weight excluding hydrogens is 219 g/mol. The Morgan fingerprint density at radius 1 is 1.12 bits per heavy atom. The molecule has 2 nitrogen and oxygen atoms in total. The summed E-state index contributed by atoms with van der Waals surface area (Å²) in [6.45, 7) is 0. The monoisotopic (exact) mass is 227 g/mol. The van der Waals surface area contributed by atoms with Crippen LogP contribution in [-0.2, 0) is 0 Å². The molecule has 2 rings (SSSR count). The quantitative estimate of drug-likeness (QED) is 0.812. The van der Waals surface area contributed by atoms with Gasteiger partial charge in [0.2, 0.25) is 0 Å². The number of aliphatic hydroxyl groups is 1. The van der Waals surface area contributed by atoms with Crippen molar-refractivity contribution in [1.82, 2.24) is 4.98 Å². The minimum absolute atomic E-state index is 0.217. The van der Waals surface area contributed by atoms with Gasteiger partial charge in [-0.05, 0) is 5.39 Å². The molecule has 1 aromatic carbocycles. The second-order valence-electron chi connectivity index (χ2n) is 3.39. The molecule has 0 aliphatic heterocycles. The summed E-state index contributed by atoms with van der Waals surface area (Å²) >= 11 is 0. The number of hydrogen-bond acceptors (Lipinski definition) is 2. The fourth-order valence-corrected chi connectivity index (χ4v) is 1.53. The lowest BCUT2D eigenvalue weighted by molar-refractivity contribution is -0.206. The maximum Gasteiger partial charge on any atom is 0.418 e. The number of aliphatic hydroxyl groups excluding tert-OH is 1. The Bertz CT molecular complexity index is 505. The molecule has 84 valence electrons. The summed E-state index contributed by atoms with van der Waals surface area (Å²) in [5.41, 5.74) is -0.217. The number of alkyl halides is 3. The predicted molar refractivity (Wildman–Crippen MR) is 52.8 cm³/mol. The van der Waals surface area contributed by atoms with Crippen LogP contribution in [0.4, 0.5) is 13.2 Å². The van der Waals surface area contributed by atoms with Gasteiger partial charge in [-0.3, -0.25) is 4.98 Å². The van der Waals surface area contributed by atoms with E-state index in [-0.39, 0.29) is 5.56 Å². The molecule has 0 saturated heterocycles. The van der Waals surface area contributed by atoms with E-state index in [0.717, 1.165) is 6.20 Å². The van der Waals surface area contributed by atoms with Crippen LogP contribution in [0.25, 0.3) is 10.8 Å². The lowest BCUT2D eigenvalue weighted by atomic mass is 10.0. The van der Waals surface area contributed by atoms with Crippen molar-refractivity contribution in [3.8, 4) is 0 Å². The number of hydrogen-bond donors (Lipinski definition) is 1. The van der Waals surface area contributed by atoms with E-state index in [1.807, 2.05) is 0 Å². The second-order valence-corrected chi connectivity index (χ2v) is 3.39. The zero-order chi connectivity index (χ0) is 11.8. The topological polar surface area (TPSA) is 33.1 Å². The number of fused-ring (bicyclic) bond motifs is 1. The highest BCUT2D eigenvalue weighted by atomic mass is 19.4. The van der Waals surface area contributed by atoms with Crippen molar-refractivity contribution in [2.24, 2.45) is 0 Å². The number of pyridine rings is 1. The Balaban J connectivity index is 2.61. The van der Waals surface area contributed by atoms with E-state index in [9.17, 15) is 18.3 Å². The van der Waals surface area contributed by atoms with Crippen LogP contribution in [0.2, 0.25) is 0 Å². The molecule has 0 bridgehead atoms. The molecular formula is C11H8F3NO. The van der Waals surface area contributed by atoms with Gasteiger partial charge in [0.1, 0.15) is 0 Å². The molecule has 0 amide bonds. The summed E-state index contributed by atoms with van der Waals surface area (Å²) in [5.74, 6) is 0. The van der Waals surface area contributed by atoms with E-state index in [4.69, 9.17) is 0 Å². The predicted octanol–water partition coefficient (Wildman–Crippen LogP) is 2.83. The summed E-state index contributed by atoms with van der Waals surface area (Å²) in [6, 6.07) is 6.50. The van der Waals surface area contributed by atoms with E-state index in [1.54, 1.807) is 18.2 Å². The van der Waals surface area contributed by atoms with Gasteiger partial charge in [0.05, 0.1) is 0 Å². The highest BCUT2D eigenvalue weighted by Gasteiger charge is 2.40. The number of halogens is 3. The van der Waals surface area contributed by atoms with Crippen molar-refractivity contribution in [2.45, 2.75) is 12.3 Å². The molecule has 0 spiro atoms. The largest absolute Gasteiger partial charge is 0.418 e. The molecule has 0 aliphatic rings. The van der Waals surface area contributed by atoms with E-state index in [1.165, 1.54) is 12.3 Å². The molecule has 1 aromatic heterocycles. The van der Waals surface area contributed by atoms with Gasteiger partial charge < -0.3 is 5.11 Å². The van der Waals surface area contributed by atoms with Gasteiger partial charge >= 0.3 is 6.18 Å². The van der Waals surface area contributed by atoms with Crippen LogP contribution in [0.1, 0.15) is 11.7 Å². The van der Waals surface area contributed by atoms with E-state index < -0.39 is 12.3 Å². The molecule has 1 atom stereocenters. The summed E-state index contributed by atoms with van der Waals surface area (Å²) < 4.78 is 37.2. The van der Waals surface area contributed by atoms with Gasteiger partial charge in [0, 0.05) is 23.3 Å². The van der Waals surface area contributed by atoms with Gasteiger partial charge in [0.25, 0.3) is 0 Å². The number of rotatable bonds is 1. The van der Waals surface area contributed by atoms with Crippen LogP contribution in [0.15, 0.2) is 36.7 Å². The van der Waals surface area contributed by atoms with Crippen LogP contribution in [0.3, 0.4) is 0 Å². The van der Waals surface area contributed by atoms with Gasteiger partial charge in [-0.2, -0.15) is 13.2 Å². The Hall–Kier alpha value is -1.62. The smallest absolute Gasteiger partial charge is 0.379 e. The third-order valence-corrected chi connectivity index (χ3v) is 2.30. The van der Waals surface area contributed by atoms with Crippen LogP contribution >= 0.6 is 0 Å². The summed E-state index contributed by atoms with van der Waals surface area (Å²) in [4.78, 5) is 3.69. The minimum atomic E-state index is -4.67. The maximum absolute atomic E-state index is 12.4. The molecule has 1 N–H and O–H groups in total. The number of nitrogens with zero attached hydrogens (tertiary/aromatic N) is 1. The third-order valence-electron chi connectivity index (χ3n) is 2.30. The first-order chi connectivity index (χ1) is 7.50. The van der Waals surface area contributed by atoms with Gasteiger partial charge in [-0.25, -0.2) is 0 Å². The standard InChI is InChI=1S/C11H8F3NO/c12-11(13,14)10(16)9-6-15-5-7-3-1-2-4-8(7)9/h1-6,10,16H/t10-/m1/s1. The molecule has 0 unspecified atom stereocenters. The van der Waals surface area contributed by atoms with E-state index in [2.05, 4.69) is 4.98 Å². The van der Waals surface area contributed by atoms with E-state index >= 15 is 0 Å². The van der Waals surface area contributed by atoms with Crippen molar-refractivity contribution in [3.63, 3.8) is 0 Å². The Labute approximate surface area is 89.4 Å². The molecule has 0 radical (unpaired) electrons. The van der Waals surface area contributed by atoms with Crippen molar-refractivity contribution in [2.75, 3.05) is 0 Å². The normalized spacial score (nSPS) is 14.0. The molecule has 0 aliphatic carbocycles. The molecule has 5 heteroatoms. The fourth-order valence-electron chi connectivity index (χ4n) is 1.53. The highest BCUT2D eigenvalue weighted by molar-refractivity contribution is 5.84. The van der Waals surface area contributed by atoms with Crippen LogP contribution in [-0.4, -0.2) is 16.3 Å². The first-order valence-electron chi connectivity index (χ1n) is 4.57. The van der Waals surface area contributed by atoms with Crippen molar-refractivity contribution in [1.29, 1.82) is 0 Å². The summed E-state index contributed by atoms with van der Waals surface area (Å²) in [7, 11) is 0. The lowest BCUT2D eigenvalue weighted by Gasteiger charge is -2.16. The first-order valence-corrected chi connectivity index (χ1v) is 4.57. The summed E-state index contributed by atoms with van der Waals surface area (Å²) in [6.07, 6.45) is -4.67. The zero-order valence-corrected chi connectivity index (χ0v) is 8.07. The van der Waals surface area contributed by atoms with Gasteiger partial charge in [-0.15, -0.1) is 0 Å². The lowest BCUT2D eigenvalue weighted by Crippen LogP contribution is -2.20. The molecule has 16 heavy (non-hydrogen) atoms. The SMILES string of the molecule is O[C@H](c1cncc2ccccc12)C(F)(F)F. The number of benzene rings is 1. The fraction of sp³-hybridized carbons (Fsp3) is 0.182. The summed E-state index contributed by atoms with van der Waals surface area (Å²) in [5, 5.41) is 10.1. The van der Waals surface area contributed by atoms with Gasteiger partial charge in [0.15, 0.2) is 6.10 Å². The zero-order valence-electron chi connectivity index (χ0n) is 8.07. The molecule has 0 fully saturated rings. The maximum atomic E-state index is 12.4. The minimum Gasteiger partial charge on any atom is -0.379 e. The first kappa shape index (κ1) is 10.9. The third kappa shape index (κ3) is 1.86. The van der Waals surface area contributed by atoms with E-state index in [0.29, 0.717) is 10.8 Å². The number of aromatic nitrogens is 1. The van der Waals surface area contributed by atoms with Gasteiger partial charge in [-0.1, -0.05) is 24.3 Å². The Morgan fingerprint density at radius 3 is 2.50 bits per heavy atom. The van der Waals surface area contributed by atoms with Crippen LogP contribution in [0.5, 0.6) is 0 Å². The molecule has 2 aromatic rings. The van der Waals surface area contributed by atoms with Crippen LogP contribution < -0.4 is 0 Å². The van der Waals surface area contributed by atoms with Crippen LogP contribution in [0, 0.1) is 0 Å². The molecule has 1 heterocycles. The Kier molecular flexibility index (Phi) is 2.55. The second kappa shape index (κ2) is 3.75. The molecule has 0 saturated carbocycles. The highest BCUT2D eigenvalue weighted by Crippen LogP contribution is 2.35. The van der Waals surface area contributed by atoms with Crippen molar-refractivity contribution in [3.05, 3.63) is 42.2 Å². The average Bonchev–Trinajstić information content (AvgIpc) is 2.26.